The molecule has 0 saturated carbocycles. The van der Waals surface area contributed by atoms with Gasteiger partial charge in [0.2, 0.25) is 0 Å². The zero-order valence-electron chi connectivity index (χ0n) is 14.2. The van der Waals surface area contributed by atoms with Crippen LogP contribution in [0.15, 0.2) is 36.5 Å². The summed E-state index contributed by atoms with van der Waals surface area (Å²) in [6.07, 6.45) is 2.70. The highest BCUT2D eigenvalue weighted by Crippen LogP contribution is 2.17. The number of hydrogen-bond acceptors (Lipinski definition) is 3. The van der Waals surface area contributed by atoms with Crippen LogP contribution in [-0.2, 0) is 0 Å². The van der Waals surface area contributed by atoms with Crippen LogP contribution in [0.25, 0.3) is 0 Å². The number of hydrogen-bond donors (Lipinski definition) is 1. The van der Waals surface area contributed by atoms with E-state index in [9.17, 15) is 4.79 Å². The van der Waals surface area contributed by atoms with Gasteiger partial charge in [0.15, 0.2) is 0 Å². The Hall–Kier alpha value is -2.30. The van der Waals surface area contributed by atoms with Gasteiger partial charge in [-0.25, -0.2) is 4.68 Å². The van der Waals surface area contributed by atoms with E-state index in [-0.39, 0.29) is 11.9 Å². The van der Waals surface area contributed by atoms with E-state index >= 15 is 0 Å². The van der Waals surface area contributed by atoms with Crippen molar-refractivity contribution in [2.24, 2.45) is 5.92 Å². The molecule has 1 aromatic carbocycles. The third kappa shape index (κ3) is 4.84. The maximum Gasteiger partial charge on any atom is 0.256 e. The number of carbonyl (C=O) groups is 1. The molecular weight excluding hydrogens is 290 g/mol. The van der Waals surface area contributed by atoms with Gasteiger partial charge in [0.05, 0.1) is 12.8 Å². The minimum atomic E-state index is -0.152. The zero-order chi connectivity index (χ0) is 16.8. The standard InChI is InChI=1S/C18H25N3O2/c1-13(2)10-12-23-16-7-5-15(6-8-16)18(22)20-17-9-11-19-21(17)14(3)4/h5-9,11,13-14H,10,12H2,1-4H3,(H,20,22). The number of benzene rings is 1. The van der Waals surface area contributed by atoms with Gasteiger partial charge in [-0.15, -0.1) is 0 Å². The van der Waals surface area contributed by atoms with Gasteiger partial charge in [-0.2, -0.15) is 5.10 Å². The van der Waals surface area contributed by atoms with E-state index in [1.165, 1.54) is 0 Å². The molecule has 0 radical (unpaired) electrons. The summed E-state index contributed by atoms with van der Waals surface area (Å²) in [5.41, 5.74) is 0.595. The second kappa shape index (κ2) is 7.81. The first-order valence-electron chi connectivity index (χ1n) is 8.05. The van der Waals surface area contributed by atoms with Crippen LogP contribution in [0.2, 0.25) is 0 Å². The molecule has 5 heteroatoms. The van der Waals surface area contributed by atoms with Crippen molar-refractivity contribution in [1.29, 1.82) is 0 Å². The fourth-order valence-electron chi connectivity index (χ4n) is 2.13. The van der Waals surface area contributed by atoms with Crippen LogP contribution in [0, 0.1) is 5.92 Å². The summed E-state index contributed by atoms with van der Waals surface area (Å²) in [4.78, 5) is 12.3. The van der Waals surface area contributed by atoms with Gasteiger partial charge in [0.1, 0.15) is 11.6 Å². The fraction of sp³-hybridized carbons (Fsp3) is 0.444. The highest BCUT2D eigenvalue weighted by molar-refractivity contribution is 6.03. The number of nitrogens with one attached hydrogen (secondary N) is 1. The quantitative estimate of drug-likeness (QED) is 0.835. The number of carbonyl (C=O) groups excluding carboxylic acids is 1. The number of aromatic nitrogens is 2. The monoisotopic (exact) mass is 315 g/mol. The molecule has 1 aromatic heterocycles. The van der Waals surface area contributed by atoms with Crippen molar-refractivity contribution in [2.75, 3.05) is 11.9 Å². The Morgan fingerprint density at radius 2 is 1.87 bits per heavy atom. The van der Waals surface area contributed by atoms with Crippen molar-refractivity contribution in [1.82, 2.24) is 9.78 Å². The molecule has 1 N–H and O–H groups in total. The van der Waals surface area contributed by atoms with E-state index in [0.29, 0.717) is 23.9 Å². The Balaban J connectivity index is 1.96. The van der Waals surface area contributed by atoms with E-state index < -0.39 is 0 Å². The number of amides is 1. The Kier molecular flexibility index (Phi) is 5.79. The normalized spacial score (nSPS) is 11.0. The van der Waals surface area contributed by atoms with E-state index in [1.54, 1.807) is 29.1 Å². The van der Waals surface area contributed by atoms with Crippen LogP contribution in [0.3, 0.4) is 0 Å². The van der Waals surface area contributed by atoms with E-state index in [1.807, 2.05) is 26.0 Å². The predicted octanol–water partition coefficient (Wildman–Crippen LogP) is 4.14. The van der Waals surface area contributed by atoms with Crippen LogP contribution >= 0.6 is 0 Å². The molecule has 0 aliphatic rings. The second-order valence-electron chi connectivity index (χ2n) is 6.26. The van der Waals surface area contributed by atoms with Crippen LogP contribution in [0.5, 0.6) is 5.75 Å². The van der Waals surface area contributed by atoms with Gasteiger partial charge in [0, 0.05) is 17.7 Å². The smallest absolute Gasteiger partial charge is 0.256 e. The Morgan fingerprint density at radius 1 is 1.17 bits per heavy atom. The molecule has 0 saturated heterocycles. The molecule has 0 fully saturated rings. The summed E-state index contributed by atoms with van der Waals surface area (Å²) >= 11 is 0. The molecule has 0 spiro atoms. The molecule has 0 aliphatic carbocycles. The molecule has 124 valence electrons. The van der Waals surface area contributed by atoms with Crippen LogP contribution < -0.4 is 10.1 Å². The summed E-state index contributed by atoms with van der Waals surface area (Å²) in [6, 6.07) is 9.19. The lowest BCUT2D eigenvalue weighted by Gasteiger charge is -2.12. The highest BCUT2D eigenvalue weighted by atomic mass is 16.5. The average molecular weight is 315 g/mol. The third-order valence-electron chi connectivity index (χ3n) is 3.48. The molecule has 0 unspecified atom stereocenters. The lowest BCUT2D eigenvalue weighted by atomic mass is 10.1. The van der Waals surface area contributed by atoms with Crippen molar-refractivity contribution in [3.63, 3.8) is 0 Å². The maximum atomic E-state index is 12.3. The van der Waals surface area contributed by atoms with Crippen LogP contribution in [-0.4, -0.2) is 22.3 Å². The molecule has 0 bridgehead atoms. The van der Waals surface area contributed by atoms with Gasteiger partial charge in [-0.3, -0.25) is 4.79 Å². The first kappa shape index (κ1) is 17.1. The largest absolute Gasteiger partial charge is 0.494 e. The summed E-state index contributed by atoms with van der Waals surface area (Å²) in [7, 11) is 0. The molecule has 23 heavy (non-hydrogen) atoms. The Morgan fingerprint density at radius 3 is 2.48 bits per heavy atom. The summed E-state index contributed by atoms with van der Waals surface area (Å²) in [5, 5.41) is 7.09. The van der Waals surface area contributed by atoms with Gasteiger partial charge in [-0.05, 0) is 50.5 Å². The van der Waals surface area contributed by atoms with E-state index in [4.69, 9.17) is 4.74 Å². The van der Waals surface area contributed by atoms with Crippen molar-refractivity contribution < 1.29 is 9.53 Å². The van der Waals surface area contributed by atoms with Crippen molar-refractivity contribution in [3.05, 3.63) is 42.1 Å². The lowest BCUT2D eigenvalue weighted by molar-refractivity contribution is 0.102. The van der Waals surface area contributed by atoms with Crippen LogP contribution in [0.1, 0.15) is 50.5 Å². The number of rotatable bonds is 7. The van der Waals surface area contributed by atoms with Gasteiger partial charge >= 0.3 is 0 Å². The van der Waals surface area contributed by atoms with Gasteiger partial charge in [0.25, 0.3) is 5.91 Å². The predicted molar refractivity (Wildman–Crippen MR) is 92.0 cm³/mol. The van der Waals surface area contributed by atoms with E-state index in [0.717, 1.165) is 12.2 Å². The van der Waals surface area contributed by atoms with Crippen LogP contribution in [0.4, 0.5) is 5.82 Å². The topological polar surface area (TPSA) is 56.1 Å². The second-order valence-corrected chi connectivity index (χ2v) is 6.26. The zero-order valence-corrected chi connectivity index (χ0v) is 14.2. The van der Waals surface area contributed by atoms with Crippen molar-refractivity contribution >= 4 is 11.7 Å². The summed E-state index contributed by atoms with van der Waals surface area (Å²) < 4.78 is 7.44. The molecule has 5 nitrogen and oxygen atoms in total. The van der Waals surface area contributed by atoms with Crippen molar-refractivity contribution in [3.8, 4) is 5.75 Å². The first-order chi connectivity index (χ1) is 11.0. The first-order valence-corrected chi connectivity index (χ1v) is 8.05. The SMILES string of the molecule is CC(C)CCOc1ccc(C(=O)Nc2ccnn2C(C)C)cc1. The minimum absolute atomic E-state index is 0.152. The number of anilines is 1. The average Bonchev–Trinajstić information content (AvgIpc) is 2.96. The van der Waals surface area contributed by atoms with Crippen molar-refractivity contribution in [2.45, 2.75) is 40.2 Å². The fourth-order valence-corrected chi connectivity index (χ4v) is 2.13. The highest BCUT2D eigenvalue weighted by Gasteiger charge is 2.11. The molecule has 0 atom stereocenters. The molecule has 2 rings (SSSR count). The molecule has 0 aliphatic heterocycles. The van der Waals surface area contributed by atoms with Gasteiger partial charge in [-0.1, -0.05) is 13.8 Å². The maximum absolute atomic E-state index is 12.3. The molecule has 1 heterocycles. The molecule has 1 amide bonds. The summed E-state index contributed by atoms with van der Waals surface area (Å²) in [6.45, 7) is 9.06. The van der Waals surface area contributed by atoms with E-state index in [2.05, 4.69) is 24.3 Å². The number of nitrogens with zero attached hydrogens (tertiary/aromatic N) is 2. The molecule has 2 aromatic rings. The molecular formula is C18H25N3O2. The Bertz CT molecular complexity index is 630. The number of ether oxygens (including phenoxy) is 1. The lowest BCUT2D eigenvalue weighted by Crippen LogP contribution is -2.16. The van der Waals surface area contributed by atoms with Gasteiger partial charge < -0.3 is 10.1 Å². The third-order valence-corrected chi connectivity index (χ3v) is 3.48. The Labute approximate surface area is 137 Å². The minimum Gasteiger partial charge on any atom is -0.494 e. The summed E-state index contributed by atoms with van der Waals surface area (Å²) in [5.74, 6) is 1.95.